The summed E-state index contributed by atoms with van der Waals surface area (Å²) in [6.07, 6.45) is 3.40. The Balaban J connectivity index is 0.00000169. The lowest BCUT2D eigenvalue weighted by Gasteiger charge is -2.16. The molecule has 142 valence electrons. The van der Waals surface area contributed by atoms with Gasteiger partial charge in [-0.25, -0.2) is 4.98 Å². The topological polar surface area (TPSA) is 128 Å². The smallest absolute Gasteiger partial charge is 0.287 e. The van der Waals surface area contributed by atoms with Crippen LogP contribution in [0.2, 0.25) is 0 Å². The second-order valence-electron chi connectivity index (χ2n) is 5.55. The van der Waals surface area contributed by atoms with Gasteiger partial charge in [0.15, 0.2) is 0 Å². The van der Waals surface area contributed by atoms with Crippen LogP contribution in [0.15, 0.2) is 35.1 Å². The van der Waals surface area contributed by atoms with Crippen LogP contribution < -0.4 is 11.1 Å². The third kappa shape index (κ3) is 4.84. The first-order valence-corrected chi connectivity index (χ1v) is 7.50. The average molecular weight is 404 g/mol. The normalized spacial score (nSPS) is 15.7. The predicted molar refractivity (Wildman–Crippen MR) is 99.9 cm³/mol. The number of nitrogens with two attached hydrogens (primary N) is 1. The SMILES string of the molecule is Cl.Cl.NCc1cc(C(=O)N2CCC(Nc3ccc([N+](=O)[O-])cn3)C2)co1. The van der Waals surface area contributed by atoms with Gasteiger partial charge in [-0.2, -0.15) is 0 Å². The van der Waals surface area contributed by atoms with Gasteiger partial charge >= 0.3 is 0 Å². The highest BCUT2D eigenvalue weighted by Crippen LogP contribution is 2.19. The summed E-state index contributed by atoms with van der Waals surface area (Å²) in [4.78, 5) is 28.3. The summed E-state index contributed by atoms with van der Waals surface area (Å²) >= 11 is 0. The summed E-state index contributed by atoms with van der Waals surface area (Å²) in [6.45, 7) is 1.40. The Kier molecular flexibility index (Phi) is 7.81. The molecule has 0 aliphatic carbocycles. The van der Waals surface area contributed by atoms with E-state index >= 15 is 0 Å². The standard InChI is InChI=1S/C15H17N5O4.2ClH/c16-6-13-5-10(9-24-13)15(21)19-4-3-11(8-19)18-14-2-1-12(7-17-14)20(22)23;;/h1-2,5,7,9,11H,3-4,6,8,16H2,(H,17,18);2*1H. The van der Waals surface area contributed by atoms with E-state index in [2.05, 4.69) is 10.3 Å². The Morgan fingerprint density at radius 3 is 2.81 bits per heavy atom. The predicted octanol–water partition coefficient (Wildman–Crippen LogP) is 2.21. The van der Waals surface area contributed by atoms with Gasteiger partial charge in [0.2, 0.25) is 0 Å². The highest BCUT2D eigenvalue weighted by atomic mass is 35.5. The van der Waals surface area contributed by atoms with Crippen molar-refractivity contribution >= 4 is 42.2 Å². The second kappa shape index (κ2) is 9.37. The number of nitrogens with one attached hydrogen (secondary N) is 1. The molecule has 0 saturated carbocycles. The Morgan fingerprint density at radius 1 is 1.46 bits per heavy atom. The molecule has 1 aliphatic heterocycles. The summed E-state index contributed by atoms with van der Waals surface area (Å²) < 4.78 is 5.19. The van der Waals surface area contributed by atoms with Crippen LogP contribution in [-0.4, -0.2) is 39.8 Å². The number of halogens is 2. The van der Waals surface area contributed by atoms with E-state index in [1.54, 1.807) is 17.0 Å². The van der Waals surface area contributed by atoms with Crippen molar-refractivity contribution in [2.45, 2.75) is 19.0 Å². The molecule has 1 atom stereocenters. The van der Waals surface area contributed by atoms with Crippen LogP contribution in [0.4, 0.5) is 11.5 Å². The first-order chi connectivity index (χ1) is 11.6. The van der Waals surface area contributed by atoms with Crippen molar-refractivity contribution in [2.75, 3.05) is 18.4 Å². The van der Waals surface area contributed by atoms with E-state index in [0.717, 1.165) is 6.42 Å². The van der Waals surface area contributed by atoms with E-state index in [1.807, 2.05) is 0 Å². The minimum atomic E-state index is -0.493. The van der Waals surface area contributed by atoms with E-state index in [4.69, 9.17) is 10.2 Å². The Morgan fingerprint density at radius 2 is 2.23 bits per heavy atom. The number of anilines is 1. The van der Waals surface area contributed by atoms with Crippen molar-refractivity contribution < 1.29 is 14.1 Å². The zero-order chi connectivity index (χ0) is 17.1. The monoisotopic (exact) mass is 403 g/mol. The molecule has 2 aromatic heterocycles. The van der Waals surface area contributed by atoms with Crippen LogP contribution in [0, 0.1) is 10.1 Å². The first-order valence-electron chi connectivity index (χ1n) is 7.50. The number of hydrogen-bond donors (Lipinski definition) is 2. The van der Waals surface area contributed by atoms with Crippen LogP contribution >= 0.6 is 24.8 Å². The maximum absolute atomic E-state index is 12.4. The lowest BCUT2D eigenvalue weighted by atomic mass is 10.2. The third-order valence-corrected chi connectivity index (χ3v) is 3.89. The number of aromatic nitrogens is 1. The Bertz CT molecular complexity index is 753. The molecule has 0 aromatic carbocycles. The van der Waals surface area contributed by atoms with Gasteiger partial charge in [-0.05, 0) is 18.6 Å². The number of pyridine rings is 1. The third-order valence-electron chi connectivity index (χ3n) is 3.89. The number of furan rings is 1. The van der Waals surface area contributed by atoms with E-state index in [0.29, 0.717) is 30.2 Å². The zero-order valence-electron chi connectivity index (χ0n) is 13.7. The molecule has 1 unspecified atom stereocenters. The minimum Gasteiger partial charge on any atom is -0.467 e. The number of rotatable bonds is 5. The number of hydrogen-bond acceptors (Lipinski definition) is 7. The summed E-state index contributed by atoms with van der Waals surface area (Å²) in [6, 6.07) is 4.66. The van der Waals surface area contributed by atoms with Crippen molar-refractivity contribution in [1.29, 1.82) is 0 Å². The second-order valence-corrected chi connectivity index (χ2v) is 5.55. The van der Waals surface area contributed by atoms with Crippen molar-refractivity contribution in [3.63, 3.8) is 0 Å². The maximum atomic E-state index is 12.4. The van der Waals surface area contributed by atoms with Crippen LogP contribution in [0.3, 0.4) is 0 Å². The molecular formula is C15H19Cl2N5O4. The molecule has 0 bridgehead atoms. The zero-order valence-corrected chi connectivity index (χ0v) is 15.3. The maximum Gasteiger partial charge on any atom is 0.287 e. The van der Waals surface area contributed by atoms with Crippen molar-refractivity contribution in [2.24, 2.45) is 5.73 Å². The number of carbonyl (C=O) groups excluding carboxylic acids is 1. The van der Waals surface area contributed by atoms with E-state index in [1.165, 1.54) is 18.5 Å². The van der Waals surface area contributed by atoms with E-state index < -0.39 is 4.92 Å². The summed E-state index contributed by atoms with van der Waals surface area (Å²) in [7, 11) is 0. The Hall–Kier alpha value is -2.36. The molecule has 2 aromatic rings. The number of amides is 1. The van der Waals surface area contributed by atoms with Crippen LogP contribution in [0.25, 0.3) is 0 Å². The molecule has 3 N–H and O–H groups in total. The lowest BCUT2D eigenvalue weighted by molar-refractivity contribution is -0.385. The summed E-state index contributed by atoms with van der Waals surface area (Å²) in [5.74, 6) is 1.02. The molecule has 26 heavy (non-hydrogen) atoms. The highest BCUT2D eigenvalue weighted by Gasteiger charge is 2.28. The largest absolute Gasteiger partial charge is 0.467 e. The molecule has 1 aliphatic rings. The highest BCUT2D eigenvalue weighted by molar-refractivity contribution is 5.94. The number of nitro groups is 1. The fraction of sp³-hybridized carbons (Fsp3) is 0.333. The van der Waals surface area contributed by atoms with Gasteiger partial charge in [0.25, 0.3) is 11.6 Å². The lowest BCUT2D eigenvalue weighted by Crippen LogP contribution is -2.31. The molecule has 0 spiro atoms. The molecule has 3 rings (SSSR count). The van der Waals surface area contributed by atoms with Gasteiger partial charge in [-0.3, -0.25) is 14.9 Å². The number of likely N-dealkylation sites (tertiary alicyclic amines) is 1. The minimum absolute atomic E-state index is 0. The van der Waals surface area contributed by atoms with Gasteiger partial charge < -0.3 is 20.4 Å². The molecule has 9 nitrogen and oxygen atoms in total. The summed E-state index contributed by atoms with van der Waals surface area (Å²) in [5, 5.41) is 13.8. The molecular weight excluding hydrogens is 385 g/mol. The fourth-order valence-corrected chi connectivity index (χ4v) is 2.63. The number of nitrogens with zero attached hydrogens (tertiary/aromatic N) is 3. The van der Waals surface area contributed by atoms with Crippen molar-refractivity contribution in [3.8, 4) is 0 Å². The Labute approximate surface area is 161 Å². The molecule has 11 heteroatoms. The molecule has 1 saturated heterocycles. The van der Waals surface area contributed by atoms with Gasteiger partial charge in [-0.1, -0.05) is 0 Å². The van der Waals surface area contributed by atoms with Crippen molar-refractivity contribution in [1.82, 2.24) is 9.88 Å². The quantitative estimate of drug-likeness (QED) is 0.578. The van der Waals surface area contributed by atoms with Crippen molar-refractivity contribution in [3.05, 3.63) is 52.1 Å². The molecule has 0 radical (unpaired) electrons. The van der Waals surface area contributed by atoms with Gasteiger partial charge in [0, 0.05) is 25.2 Å². The first kappa shape index (κ1) is 21.7. The van der Waals surface area contributed by atoms with E-state index in [9.17, 15) is 14.9 Å². The molecule has 1 amide bonds. The van der Waals surface area contributed by atoms with Crippen LogP contribution in [-0.2, 0) is 6.54 Å². The van der Waals surface area contributed by atoms with Crippen LogP contribution in [0.1, 0.15) is 22.5 Å². The van der Waals surface area contributed by atoms with Crippen LogP contribution in [0.5, 0.6) is 0 Å². The summed E-state index contributed by atoms with van der Waals surface area (Å²) in [5.41, 5.74) is 5.91. The van der Waals surface area contributed by atoms with E-state index in [-0.39, 0.29) is 49.0 Å². The average Bonchev–Trinajstić information content (AvgIpc) is 3.24. The number of carbonyl (C=O) groups is 1. The molecule has 1 fully saturated rings. The van der Waals surface area contributed by atoms with Gasteiger partial charge in [0.05, 0.1) is 17.0 Å². The van der Waals surface area contributed by atoms with Gasteiger partial charge in [-0.15, -0.1) is 24.8 Å². The van der Waals surface area contributed by atoms with Gasteiger partial charge in [0.1, 0.15) is 24.0 Å². The fourth-order valence-electron chi connectivity index (χ4n) is 2.63. The molecule has 3 heterocycles.